The number of hydrogen-bond acceptors (Lipinski definition) is 4. The predicted molar refractivity (Wildman–Crippen MR) is 107 cm³/mol. The lowest BCUT2D eigenvalue weighted by Crippen LogP contribution is -2.48. The zero-order valence-corrected chi connectivity index (χ0v) is 15.3. The van der Waals surface area contributed by atoms with E-state index in [1.807, 2.05) is 48.5 Å². The van der Waals surface area contributed by atoms with Crippen LogP contribution >= 0.6 is 0 Å². The van der Waals surface area contributed by atoms with E-state index in [2.05, 4.69) is 4.90 Å². The summed E-state index contributed by atoms with van der Waals surface area (Å²) in [7, 11) is 1.67. The monoisotopic (exact) mass is 362 g/mol. The fraction of sp³-hybridized carbons (Fsp3) is 0.227. The molecular weight excluding hydrogens is 340 g/mol. The first-order chi connectivity index (χ1) is 13.2. The van der Waals surface area contributed by atoms with Gasteiger partial charge in [-0.05, 0) is 35.0 Å². The van der Waals surface area contributed by atoms with Crippen LogP contribution in [0.25, 0.3) is 10.8 Å². The number of piperazine rings is 1. The van der Waals surface area contributed by atoms with E-state index < -0.39 is 0 Å². The average molecular weight is 362 g/mol. The Labute approximate surface area is 158 Å². The first kappa shape index (κ1) is 17.2. The number of ether oxygens (including phenoxy) is 1. The Kier molecular flexibility index (Phi) is 4.59. The van der Waals surface area contributed by atoms with E-state index in [4.69, 9.17) is 4.74 Å². The van der Waals surface area contributed by atoms with E-state index in [0.29, 0.717) is 18.7 Å². The van der Waals surface area contributed by atoms with Gasteiger partial charge in [-0.1, -0.05) is 36.4 Å². The number of hydrogen-bond donors (Lipinski definition) is 1. The van der Waals surface area contributed by atoms with E-state index in [1.54, 1.807) is 24.1 Å². The molecule has 5 heteroatoms. The Bertz CT molecular complexity index is 978. The highest BCUT2D eigenvalue weighted by Gasteiger charge is 2.25. The molecule has 138 valence electrons. The third-order valence-corrected chi connectivity index (χ3v) is 5.09. The number of carbonyl (C=O) groups excluding carboxylic acids is 1. The van der Waals surface area contributed by atoms with Gasteiger partial charge >= 0.3 is 0 Å². The Morgan fingerprint density at radius 2 is 1.56 bits per heavy atom. The van der Waals surface area contributed by atoms with Crippen LogP contribution in [-0.2, 0) is 0 Å². The number of amides is 1. The second-order valence-electron chi connectivity index (χ2n) is 6.67. The molecule has 0 aromatic heterocycles. The third kappa shape index (κ3) is 3.28. The second kappa shape index (κ2) is 7.19. The average Bonchev–Trinajstić information content (AvgIpc) is 2.73. The minimum atomic E-state index is -0.127. The molecule has 0 saturated carbocycles. The number of para-hydroxylation sites is 2. The summed E-state index contributed by atoms with van der Waals surface area (Å²) in [5, 5.41) is 12.2. The Morgan fingerprint density at radius 1 is 0.926 bits per heavy atom. The SMILES string of the molecule is COc1ccccc1N1CCN(C(=O)c2cc3ccccc3cc2O)CC1. The molecule has 0 spiro atoms. The number of methoxy groups -OCH3 is 1. The van der Waals surface area contributed by atoms with Crippen LogP contribution in [0, 0.1) is 0 Å². The maximum atomic E-state index is 13.0. The number of rotatable bonds is 3. The first-order valence-electron chi connectivity index (χ1n) is 9.06. The molecule has 3 aromatic carbocycles. The largest absolute Gasteiger partial charge is 0.507 e. The molecule has 1 N–H and O–H groups in total. The van der Waals surface area contributed by atoms with Crippen molar-refractivity contribution in [1.82, 2.24) is 4.90 Å². The topological polar surface area (TPSA) is 53.0 Å². The number of anilines is 1. The molecule has 5 nitrogen and oxygen atoms in total. The molecule has 0 unspecified atom stereocenters. The van der Waals surface area contributed by atoms with Crippen molar-refractivity contribution in [3.8, 4) is 11.5 Å². The summed E-state index contributed by atoms with van der Waals surface area (Å²) >= 11 is 0. The molecule has 0 atom stereocenters. The van der Waals surface area contributed by atoms with Crippen LogP contribution in [0.4, 0.5) is 5.69 Å². The van der Waals surface area contributed by atoms with Crippen LogP contribution in [0.3, 0.4) is 0 Å². The first-order valence-corrected chi connectivity index (χ1v) is 9.06. The van der Waals surface area contributed by atoms with Crippen LogP contribution in [-0.4, -0.2) is 49.2 Å². The molecule has 1 fully saturated rings. The van der Waals surface area contributed by atoms with Crippen molar-refractivity contribution in [1.29, 1.82) is 0 Å². The van der Waals surface area contributed by atoms with Crippen molar-refractivity contribution in [3.63, 3.8) is 0 Å². The zero-order chi connectivity index (χ0) is 18.8. The number of carbonyl (C=O) groups is 1. The molecule has 0 bridgehead atoms. The minimum absolute atomic E-state index is 0.0332. The summed E-state index contributed by atoms with van der Waals surface area (Å²) < 4.78 is 5.44. The normalized spacial score (nSPS) is 14.4. The molecule has 3 aromatic rings. The Morgan fingerprint density at radius 3 is 2.26 bits per heavy atom. The molecule has 1 saturated heterocycles. The number of benzene rings is 3. The van der Waals surface area contributed by atoms with Gasteiger partial charge in [0.25, 0.3) is 5.91 Å². The van der Waals surface area contributed by atoms with Gasteiger partial charge in [0, 0.05) is 26.2 Å². The molecule has 1 amide bonds. The van der Waals surface area contributed by atoms with E-state index in [-0.39, 0.29) is 11.7 Å². The van der Waals surface area contributed by atoms with Crippen LogP contribution < -0.4 is 9.64 Å². The van der Waals surface area contributed by atoms with Gasteiger partial charge in [-0.2, -0.15) is 0 Å². The summed E-state index contributed by atoms with van der Waals surface area (Å²) in [5.41, 5.74) is 1.40. The lowest BCUT2D eigenvalue weighted by Gasteiger charge is -2.36. The van der Waals surface area contributed by atoms with Crippen molar-refractivity contribution in [3.05, 3.63) is 66.2 Å². The quantitative estimate of drug-likeness (QED) is 0.775. The van der Waals surface area contributed by atoms with Crippen molar-refractivity contribution in [2.75, 3.05) is 38.2 Å². The minimum Gasteiger partial charge on any atom is -0.507 e. The van der Waals surface area contributed by atoms with Gasteiger partial charge in [-0.25, -0.2) is 0 Å². The van der Waals surface area contributed by atoms with Gasteiger partial charge in [0.05, 0.1) is 18.4 Å². The summed E-state index contributed by atoms with van der Waals surface area (Å²) in [4.78, 5) is 17.0. The van der Waals surface area contributed by atoms with Crippen LogP contribution in [0.15, 0.2) is 60.7 Å². The predicted octanol–water partition coefficient (Wildman–Crippen LogP) is 3.52. The summed E-state index contributed by atoms with van der Waals surface area (Å²) in [5.74, 6) is 0.744. The standard InChI is InChI=1S/C22H22N2O3/c1-27-21-9-5-4-8-19(21)23-10-12-24(13-11-23)22(26)18-14-16-6-2-3-7-17(16)15-20(18)25/h2-9,14-15,25H,10-13H2,1H3. The number of phenols is 1. The summed E-state index contributed by atoms with van der Waals surface area (Å²) in [6, 6.07) is 19.1. The highest BCUT2D eigenvalue weighted by molar-refractivity contribution is 6.01. The molecule has 4 rings (SSSR count). The molecule has 1 aliphatic heterocycles. The highest BCUT2D eigenvalue weighted by Crippen LogP contribution is 2.30. The molecule has 1 heterocycles. The van der Waals surface area contributed by atoms with E-state index in [9.17, 15) is 9.90 Å². The van der Waals surface area contributed by atoms with Crippen molar-refractivity contribution >= 4 is 22.4 Å². The van der Waals surface area contributed by atoms with Gasteiger partial charge in [-0.15, -0.1) is 0 Å². The van der Waals surface area contributed by atoms with E-state index in [1.165, 1.54) is 0 Å². The maximum Gasteiger partial charge on any atom is 0.257 e. The summed E-state index contributed by atoms with van der Waals surface area (Å²) in [6.07, 6.45) is 0. The van der Waals surface area contributed by atoms with Gasteiger partial charge < -0.3 is 19.6 Å². The number of phenolic OH excluding ortho intramolecular Hbond substituents is 1. The Balaban J connectivity index is 1.51. The lowest BCUT2D eigenvalue weighted by atomic mass is 10.0. The van der Waals surface area contributed by atoms with Gasteiger partial charge in [0.2, 0.25) is 0 Å². The lowest BCUT2D eigenvalue weighted by molar-refractivity contribution is 0.0744. The zero-order valence-electron chi connectivity index (χ0n) is 15.3. The van der Waals surface area contributed by atoms with Gasteiger partial charge in [-0.3, -0.25) is 4.79 Å². The van der Waals surface area contributed by atoms with Crippen molar-refractivity contribution in [2.45, 2.75) is 0 Å². The van der Waals surface area contributed by atoms with Gasteiger partial charge in [0.15, 0.2) is 0 Å². The molecule has 0 aliphatic carbocycles. The molecule has 27 heavy (non-hydrogen) atoms. The maximum absolute atomic E-state index is 13.0. The number of aromatic hydroxyl groups is 1. The smallest absolute Gasteiger partial charge is 0.257 e. The van der Waals surface area contributed by atoms with E-state index in [0.717, 1.165) is 35.3 Å². The molecular formula is C22H22N2O3. The van der Waals surface area contributed by atoms with Crippen molar-refractivity contribution in [2.24, 2.45) is 0 Å². The molecule has 1 aliphatic rings. The summed E-state index contributed by atoms with van der Waals surface area (Å²) in [6.45, 7) is 2.65. The number of fused-ring (bicyclic) bond motifs is 1. The van der Waals surface area contributed by atoms with Crippen LogP contribution in [0.1, 0.15) is 10.4 Å². The van der Waals surface area contributed by atoms with Crippen molar-refractivity contribution < 1.29 is 14.6 Å². The fourth-order valence-corrected chi connectivity index (χ4v) is 3.61. The molecule has 0 radical (unpaired) electrons. The van der Waals surface area contributed by atoms with Crippen LogP contribution in [0.5, 0.6) is 11.5 Å². The Hall–Kier alpha value is -3.21. The van der Waals surface area contributed by atoms with Crippen LogP contribution in [0.2, 0.25) is 0 Å². The highest BCUT2D eigenvalue weighted by atomic mass is 16.5. The van der Waals surface area contributed by atoms with Gasteiger partial charge in [0.1, 0.15) is 11.5 Å². The third-order valence-electron chi connectivity index (χ3n) is 5.09. The van der Waals surface area contributed by atoms with E-state index >= 15 is 0 Å². The number of nitrogens with zero attached hydrogens (tertiary/aromatic N) is 2. The second-order valence-corrected chi connectivity index (χ2v) is 6.67. The fourth-order valence-electron chi connectivity index (χ4n) is 3.61.